The van der Waals surface area contributed by atoms with Crippen LogP contribution in [0.2, 0.25) is 5.02 Å². The maximum Gasteiger partial charge on any atom is 0.289 e. The highest BCUT2D eigenvalue weighted by Gasteiger charge is 2.33. The van der Waals surface area contributed by atoms with E-state index in [1.54, 1.807) is 7.11 Å². The van der Waals surface area contributed by atoms with Crippen LogP contribution in [0.3, 0.4) is 0 Å². The summed E-state index contributed by atoms with van der Waals surface area (Å²) >= 11 is 5.99. The van der Waals surface area contributed by atoms with Crippen molar-refractivity contribution in [2.75, 3.05) is 46.4 Å². The summed E-state index contributed by atoms with van der Waals surface area (Å²) in [7, 11) is 1.63. The molecule has 5 rings (SSSR count). The molecule has 1 amide bonds. The Morgan fingerprint density at radius 1 is 1.06 bits per heavy atom. The molecule has 2 aromatic carbocycles. The average Bonchev–Trinajstić information content (AvgIpc) is 3.48. The Labute approximate surface area is 193 Å². The molecule has 1 aromatic heterocycles. The summed E-state index contributed by atoms with van der Waals surface area (Å²) < 4.78 is 11.1. The number of methoxy groups -OCH3 is 1. The first-order valence-corrected chi connectivity index (χ1v) is 11.5. The Kier molecular flexibility index (Phi) is 6.09. The average molecular weight is 454 g/mol. The largest absolute Gasteiger partial charge is 0.497 e. The lowest BCUT2D eigenvalue weighted by atomic mass is 10.1. The number of fused-ring (bicyclic) bond motifs is 1. The molecule has 32 heavy (non-hydrogen) atoms. The molecular formula is C25H28ClN3O3. The fourth-order valence-electron chi connectivity index (χ4n) is 4.77. The summed E-state index contributed by atoms with van der Waals surface area (Å²) in [6.07, 6.45) is 1.01. The first kappa shape index (κ1) is 21.3. The number of rotatable bonds is 5. The molecule has 2 saturated heterocycles. The van der Waals surface area contributed by atoms with Gasteiger partial charge in [0.2, 0.25) is 0 Å². The number of nitrogens with zero attached hydrogens (tertiary/aromatic N) is 3. The minimum Gasteiger partial charge on any atom is -0.497 e. The van der Waals surface area contributed by atoms with Gasteiger partial charge in [0, 0.05) is 62.3 Å². The highest BCUT2D eigenvalue weighted by Crippen LogP contribution is 2.26. The molecule has 0 radical (unpaired) electrons. The van der Waals surface area contributed by atoms with Crippen LogP contribution in [0.25, 0.3) is 11.0 Å². The minimum absolute atomic E-state index is 0.0240. The summed E-state index contributed by atoms with van der Waals surface area (Å²) in [4.78, 5) is 20.0. The van der Waals surface area contributed by atoms with E-state index in [4.69, 9.17) is 20.8 Å². The molecule has 3 heterocycles. The van der Waals surface area contributed by atoms with E-state index < -0.39 is 0 Å². The summed E-state index contributed by atoms with van der Waals surface area (Å²) in [5.41, 5.74) is 2.01. The molecule has 0 spiro atoms. The summed E-state index contributed by atoms with van der Waals surface area (Å²) in [6, 6.07) is 15.9. The number of benzene rings is 2. The molecule has 2 aliphatic heterocycles. The van der Waals surface area contributed by atoms with Crippen molar-refractivity contribution in [1.29, 1.82) is 0 Å². The van der Waals surface area contributed by atoms with Crippen LogP contribution < -0.4 is 4.74 Å². The van der Waals surface area contributed by atoms with Crippen molar-refractivity contribution in [3.63, 3.8) is 0 Å². The number of piperazine rings is 1. The maximum atomic E-state index is 13.0. The molecule has 0 saturated carbocycles. The van der Waals surface area contributed by atoms with Crippen molar-refractivity contribution < 1.29 is 13.9 Å². The predicted octanol–water partition coefficient (Wildman–Crippen LogP) is 4.13. The molecule has 168 valence electrons. The van der Waals surface area contributed by atoms with Crippen molar-refractivity contribution in [2.45, 2.75) is 19.0 Å². The van der Waals surface area contributed by atoms with Crippen molar-refractivity contribution in [2.24, 2.45) is 0 Å². The normalized spacial score (nSPS) is 20.2. The number of ether oxygens (including phenoxy) is 1. The second kappa shape index (κ2) is 9.14. The zero-order chi connectivity index (χ0) is 22.1. The van der Waals surface area contributed by atoms with Crippen LogP contribution in [-0.2, 0) is 6.54 Å². The van der Waals surface area contributed by atoms with Gasteiger partial charge in [-0.2, -0.15) is 0 Å². The van der Waals surface area contributed by atoms with E-state index in [-0.39, 0.29) is 5.91 Å². The highest BCUT2D eigenvalue weighted by atomic mass is 35.5. The van der Waals surface area contributed by atoms with Crippen LogP contribution >= 0.6 is 11.6 Å². The Balaban J connectivity index is 1.15. The molecule has 0 bridgehead atoms. The first-order valence-electron chi connectivity index (χ1n) is 11.2. The highest BCUT2D eigenvalue weighted by molar-refractivity contribution is 6.30. The van der Waals surface area contributed by atoms with Crippen LogP contribution in [0.4, 0.5) is 0 Å². The lowest BCUT2D eigenvalue weighted by molar-refractivity contribution is 0.0710. The van der Waals surface area contributed by atoms with Crippen LogP contribution in [-0.4, -0.2) is 73.0 Å². The van der Waals surface area contributed by atoms with E-state index in [9.17, 15) is 4.79 Å². The molecule has 0 aliphatic carbocycles. The molecule has 1 atom stereocenters. The van der Waals surface area contributed by atoms with Crippen molar-refractivity contribution in [3.05, 3.63) is 64.9 Å². The summed E-state index contributed by atoms with van der Waals surface area (Å²) in [6.45, 7) is 6.63. The third-order valence-electron chi connectivity index (χ3n) is 6.63. The van der Waals surface area contributed by atoms with Gasteiger partial charge in [-0.05, 0) is 48.4 Å². The third kappa shape index (κ3) is 4.49. The molecule has 3 aromatic rings. The van der Waals surface area contributed by atoms with Gasteiger partial charge < -0.3 is 14.1 Å². The van der Waals surface area contributed by atoms with Gasteiger partial charge in [0.25, 0.3) is 5.91 Å². The van der Waals surface area contributed by atoms with Crippen molar-refractivity contribution in [3.8, 4) is 5.75 Å². The van der Waals surface area contributed by atoms with Gasteiger partial charge in [0.1, 0.15) is 11.3 Å². The number of halogens is 1. The monoisotopic (exact) mass is 453 g/mol. The molecule has 0 N–H and O–H groups in total. The Hall–Kier alpha value is -2.54. The van der Waals surface area contributed by atoms with E-state index in [1.165, 1.54) is 5.56 Å². The second-order valence-corrected chi connectivity index (χ2v) is 9.08. The number of hydrogen-bond acceptors (Lipinski definition) is 5. The van der Waals surface area contributed by atoms with Gasteiger partial charge in [-0.25, -0.2) is 0 Å². The lowest BCUT2D eigenvalue weighted by Crippen LogP contribution is -2.50. The number of amides is 1. The van der Waals surface area contributed by atoms with Gasteiger partial charge in [0.05, 0.1) is 7.11 Å². The van der Waals surface area contributed by atoms with E-state index in [2.05, 4.69) is 21.9 Å². The Bertz CT molecular complexity index is 1090. The quantitative estimate of drug-likeness (QED) is 0.581. The van der Waals surface area contributed by atoms with E-state index in [0.29, 0.717) is 17.4 Å². The van der Waals surface area contributed by atoms with Crippen molar-refractivity contribution in [1.82, 2.24) is 14.7 Å². The number of hydrogen-bond donors (Lipinski definition) is 0. The zero-order valence-corrected chi connectivity index (χ0v) is 19.1. The number of carbonyl (C=O) groups is 1. The smallest absolute Gasteiger partial charge is 0.289 e. The Morgan fingerprint density at radius 3 is 2.59 bits per heavy atom. The van der Waals surface area contributed by atoms with Gasteiger partial charge >= 0.3 is 0 Å². The van der Waals surface area contributed by atoms with Crippen LogP contribution in [0, 0.1) is 0 Å². The standard InChI is InChI=1S/C25H28ClN3O3/c1-31-22-6-7-23-19(14-22)15-24(32-23)25(30)29-9-8-21(17-29)28-12-10-27(11-13-28)16-18-2-4-20(26)5-3-18/h2-7,14-15,21H,8-13,16-17H2,1H3/t21-/m1/s1. The number of carbonyl (C=O) groups excluding carboxylic acids is 1. The van der Waals surface area contributed by atoms with Gasteiger partial charge in [-0.1, -0.05) is 23.7 Å². The van der Waals surface area contributed by atoms with Crippen molar-refractivity contribution >= 4 is 28.5 Å². The van der Waals surface area contributed by atoms with E-state index in [0.717, 1.165) is 68.4 Å². The SMILES string of the molecule is COc1ccc2oc(C(=O)N3CC[C@@H](N4CCN(Cc5ccc(Cl)cc5)CC4)C3)cc2c1. The summed E-state index contributed by atoms with van der Waals surface area (Å²) in [5, 5.41) is 1.67. The Morgan fingerprint density at radius 2 is 1.84 bits per heavy atom. The molecule has 7 heteroatoms. The van der Waals surface area contributed by atoms with E-state index in [1.807, 2.05) is 41.3 Å². The number of likely N-dealkylation sites (tertiary alicyclic amines) is 1. The van der Waals surface area contributed by atoms with Crippen LogP contribution in [0.1, 0.15) is 22.5 Å². The first-order chi connectivity index (χ1) is 15.6. The maximum absolute atomic E-state index is 13.0. The predicted molar refractivity (Wildman–Crippen MR) is 125 cm³/mol. The fourth-order valence-corrected chi connectivity index (χ4v) is 4.89. The second-order valence-electron chi connectivity index (χ2n) is 8.65. The molecular weight excluding hydrogens is 426 g/mol. The minimum atomic E-state index is -0.0240. The zero-order valence-electron chi connectivity index (χ0n) is 18.3. The fraction of sp³-hybridized carbons (Fsp3) is 0.400. The molecule has 2 fully saturated rings. The van der Waals surface area contributed by atoms with Gasteiger partial charge in [-0.15, -0.1) is 0 Å². The van der Waals surface area contributed by atoms with Crippen LogP contribution in [0.15, 0.2) is 52.9 Å². The molecule has 2 aliphatic rings. The van der Waals surface area contributed by atoms with Crippen LogP contribution in [0.5, 0.6) is 5.75 Å². The summed E-state index contributed by atoms with van der Waals surface area (Å²) in [5.74, 6) is 1.14. The van der Waals surface area contributed by atoms with Gasteiger partial charge in [-0.3, -0.25) is 14.6 Å². The van der Waals surface area contributed by atoms with E-state index >= 15 is 0 Å². The van der Waals surface area contributed by atoms with Gasteiger partial charge in [0.15, 0.2) is 5.76 Å². The molecule has 0 unspecified atom stereocenters. The number of furan rings is 1. The molecule has 6 nitrogen and oxygen atoms in total. The lowest BCUT2D eigenvalue weighted by Gasteiger charge is -2.38. The topological polar surface area (TPSA) is 49.2 Å². The third-order valence-corrected chi connectivity index (χ3v) is 6.88.